The van der Waals surface area contributed by atoms with Crippen LogP contribution >= 0.6 is 0 Å². The first-order valence-electron chi connectivity index (χ1n) is 7.36. The van der Waals surface area contributed by atoms with Crippen molar-refractivity contribution in [2.45, 2.75) is 12.8 Å². The van der Waals surface area contributed by atoms with E-state index in [0.717, 1.165) is 31.9 Å². The maximum absolute atomic E-state index is 5.86. The first-order chi connectivity index (χ1) is 9.90. The Morgan fingerprint density at radius 2 is 1.70 bits per heavy atom. The highest BCUT2D eigenvalue weighted by atomic mass is 16.5. The average Bonchev–Trinajstić information content (AvgIpc) is 3.01. The van der Waals surface area contributed by atoms with E-state index in [9.17, 15) is 0 Å². The van der Waals surface area contributed by atoms with Crippen molar-refractivity contribution in [1.29, 1.82) is 0 Å². The van der Waals surface area contributed by atoms with E-state index in [0.29, 0.717) is 5.92 Å². The maximum atomic E-state index is 5.86. The first kappa shape index (κ1) is 13.2. The predicted octanol–water partition coefficient (Wildman–Crippen LogP) is 3.27. The zero-order valence-electron chi connectivity index (χ0n) is 11.7. The van der Waals surface area contributed by atoms with Crippen LogP contribution in [-0.2, 0) is 6.42 Å². The van der Waals surface area contributed by atoms with Crippen LogP contribution in [0.3, 0.4) is 0 Å². The second kappa shape index (κ2) is 6.58. The Bertz CT molecular complexity index is 515. The molecular formula is C18H21NO. The van der Waals surface area contributed by atoms with Gasteiger partial charge in [0.25, 0.3) is 0 Å². The molecule has 20 heavy (non-hydrogen) atoms. The topological polar surface area (TPSA) is 21.3 Å². The minimum atomic E-state index is 0.666. The number of hydrogen-bond acceptors (Lipinski definition) is 2. The third kappa shape index (κ3) is 3.61. The fourth-order valence-electron chi connectivity index (χ4n) is 2.61. The molecule has 3 rings (SSSR count). The number of hydrogen-bond donors (Lipinski definition) is 1. The van der Waals surface area contributed by atoms with Crippen molar-refractivity contribution in [3.8, 4) is 5.75 Å². The maximum Gasteiger partial charge on any atom is 0.119 e. The van der Waals surface area contributed by atoms with Gasteiger partial charge in [-0.3, -0.25) is 0 Å². The summed E-state index contributed by atoms with van der Waals surface area (Å²) in [5, 5.41) is 3.37. The molecule has 0 aliphatic carbocycles. The monoisotopic (exact) mass is 267 g/mol. The number of rotatable bonds is 5. The number of nitrogens with one attached hydrogen (secondary N) is 1. The van der Waals surface area contributed by atoms with Crippen molar-refractivity contribution in [2.75, 3.05) is 19.7 Å². The molecule has 0 saturated carbocycles. The molecule has 2 aromatic rings. The summed E-state index contributed by atoms with van der Waals surface area (Å²) < 4.78 is 5.86. The van der Waals surface area contributed by atoms with Crippen LogP contribution in [0.1, 0.15) is 17.5 Å². The standard InChI is InChI=1S/C18H21NO/c1-2-4-15(5-3-1)12-16-6-8-18(9-7-16)20-14-17-10-11-19-13-17/h1-9,17,19H,10-14H2/t17-/m1/s1. The van der Waals surface area contributed by atoms with Crippen molar-refractivity contribution in [3.63, 3.8) is 0 Å². The van der Waals surface area contributed by atoms with Gasteiger partial charge < -0.3 is 10.1 Å². The molecule has 2 heteroatoms. The largest absolute Gasteiger partial charge is 0.493 e. The van der Waals surface area contributed by atoms with E-state index in [-0.39, 0.29) is 0 Å². The van der Waals surface area contributed by atoms with Crippen molar-refractivity contribution in [1.82, 2.24) is 5.32 Å². The summed E-state index contributed by atoms with van der Waals surface area (Å²) in [6.45, 7) is 3.04. The van der Waals surface area contributed by atoms with Gasteiger partial charge in [-0.15, -0.1) is 0 Å². The van der Waals surface area contributed by atoms with Gasteiger partial charge in [-0.05, 0) is 42.6 Å². The Hall–Kier alpha value is -1.80. The lowest BCUT2D eigenvalue weighted by atomic mass is 10.1. The van der Waals surface area contributed by atoms with Crippen LogP contribution in [0, 0.1) is 5.92 Å². The van der Waals surface area contributed by atoms with Gasteiger partial charge in [0, 0.05) is 12.5 Å². The van der Waals surface area contributed by atoms with E-state index >= 15 is 0 Å². The van der Waals surface area contributed by atoms with Gasteiger partial charge in [-0.2, -0.15) is 0 Å². The Kier molecular flexibility index (Phi) is 4.34. The van der Waals surface area contributed by atoms with Crippen LogP contribution in [0.5, 0.6) is 5.75 Å². The van der Waals surface area contributed by atoms with E-state index in [4.69, 9.17) is 4.74 Å². The second-order valence-corrected chi connectivity index (χ2v) is 5.48. The van der Waals surface area contributed by atoms with Gasteiger partial charge in [-0.1, -0.05) is 42.5 Å². The molecule has 0 amide bonds. The molecule has 1 aliphatic rings. The van der Waals surface area contributed by atoms with Gasteiger partial charge in [0.15, 0.2) is 0 Å². The van der Waals surface area contributed by atoms with Crippen LogP contribution < -0.4 is 10.1 Å². The Morgan fingerprint density at radius 1 is 0.950 bits per heavy atom. The molecule has 1 saturated heterocycles. The summed E-state index contributed by atoms with van der Waals surface area (Å²) >= 11 is 0. The summed E-state index contributed by atoms with van der Waals surface area (Å²) in [4.78, 5) is 0. The fourth-order valence-corrected chi connectivity index (χ4v) is 2.61. The third-order valence-corrected chi connectivity index (χ3v) is 3.82. The number of benzene rings is 2. The fraction of sp³-hybridized carbons (Fsp3) is 0.333. The molecule has 0 aromatic heterocycles. The molecule has 2 nitrogen and oxygen atoms in total. The second-order valence-electron chi connectivity index (χ2n) is 5.48. The molecular weight excluding hydrogens is 246 g/mol. The molecule has 1 heterocycles. The lowest BCUT2D eigenvalue weighted by Crippen LogP contribution is -2.15. The van der Waals surface area contributed by atoms with Crippen molar-refractivity contribution < 1.29 is 4.74 Å². The predicted molar refractivity (Wildman–Crippen MR) is 82.2 cm³/mol. The van der Waals surface area contributed by atoms with Gasteiger partial charge in [0.05, 0.1) is 6.61 Å². The van der Waals surface area contributed by atoms with E-state index in [1.807, 2.05) is 0 Å². The highest BCUT2D eigenvalue weighted by molar-refractivity contribution is 5.31. The van der Waals surface area contributed by atoms with Gasteiger partial charge in [0.1, 0.15) is 5.75 Å². The lowest BCUT2D eigenvalue weighted by molar-refractivity contribution is 0.260. The van der Waals surface area contributed by atoms with Gasteiger partial charge in [0.2, 0.25) is 0 Å². The molecule has 1 atom stereocenters. The molecule has 1 fully saturated rings. The quantitative estimate of drug-likeness (QED) is 0.897. The molecule has 0 radical (unpaired) electrons. The van der Waals surface area contributed by atoms with Gasteiger partial charge >= 0.3 is 0 Å². The smallest absolute Gasteiger partial charge is 0.119 e. The summed E-state index contributed by atoms with van der Waals surface area (Å²) in [7, 11) is 0. The minimum absolute atomic E-state index is 0.666. The summed E-state index contributed by atoms with van der Waals surface area (Å²) in [5.74, 6) is 1.65. The van der Waals surface area contributed by atoms with Crippen molar-refractivity contribution >= 4 is 0 Å². The van der Waals surface area contributed by atoms with E-state index in [1.165, 1.54) is 17.5 Å². The molecule has 2 aromatic carbocycles. The summed E-state index contributed by atoms with van der Waals surface area (Å²) in [6.07, 6.45) is 2.21. The highest BCUT2D eigenvalue weighted by Gasteiger charge is 2.14. The molecule has 0 unspecified atom stereocenters. The lowest BCUT2D eigenvalue weighted by Gasteiger charge is -2.11. The van der Waals surface area contributed by atoms with Crippen LogP contribution in [0.2, 0.25) is 0 Å². The van der Waals surface area contributed by atoms with Crippen LogP contribution in [-0.4, -0.2) is 19.7 Å². The van der Waals surface area contributed by atoms with Crippen molar-refractivity contribution in [3.05, 3.63) is 65.7 Å². The zero-order valence-corrected chi connectivity index (χ0v) is 11.7. The normalized spacial score (nSPS) is 18.1. The molecule has 1 aliphatic heterocycles. The van der Waals surface area contributed by atoms with Crippen molar-refractivity contribution in [2.24, 2.45) is 5.92 Å². The molecule has 1 N–H and O–H groups in total. The van der Waals surface area contributed by atoms with Gasteiger partial charge in [-0.25, -0.2) is 0 Å². The minimum Gasteiger partial charge on any atom is -0.493 e. The van der Waals surface area contributed by atoms with E-state index in [2.05, 4.69) is 59.9 Å². The molecule has 104 valence electrons. The van der Waals surface area contributed by atoms with Crippen LogP contribution in [0.4, 0.5) is 0 Å². The Balaban J connectivity index is 1.54. The Labute approximate surface area is 120 Å². The van der Waals surface area contributed by atoms with E-state index < -0.39 is 0 Å². The SMILES string of the molecule is c1ccc(Cc2ccc(OC[C@@H]3CCNC3)cc2)cc1. The Morgan fingerprint density at radius 3 is 2.40 bits per heavy atom. The van der Waals surface area contributed by atoms with Crippen LogP contribution in [0.15, 0.2) is 54.6 Å². The first-order valence-corrected chi connectivity index (χ1v) is 7.36. The zero-order chi connectivity index (χ0) is 13.6. The molecule has 0 bridgehead atoms. The van der Waals surface area contributed by atoms with Crippen LogP contribution in [0.25, 0.3) is 0 Å². The highest BCUT2D eigenvalue weighted by Crippen LogP contribution is 2.17. The average molecular weight is 267 g/mol. The third-order valence-electron chi connectivity index (χ3n) is 3.82. The summed E-state index contributed by atoms with van der Waals surface area (Å²) in [6, 6.07) is 19.0. The van der Waals surface area contributed by atoms with E-state index in [1.54, 1.807) is 0 Å². The summed E-state index contributed by atoms with van der Waals surface area (Å²) in [5.41, 5.74) is 2.67. The number of ether oxygens (including phenoxy) is 1. The molecule has 0 spiro atoms.